The smallest absolute Gasteiger partial charge is 0.407 e. The van der Waals surface area contributed by atoms with E-state index in [0.29, 0.717) is 25.5 Å². The molecule has 2 fully saturated rings. The Morgan fingerprint density at radius 1 is 0.812 bits per heavy atom. The number of rotatable bonds is 31. The van der Waals surface area contributed by atoms with Crippen molar-refractivity contribution in [3.05, 3.63) is 97.7 Å². The largest absolute Gasteiger partial charge is 0.445 e. The highest BCUT2D eigenvalue weighted by atomic mass is 16.7. The van der Waals surface area contributed by atoms with Crippen molar-refractivity contribution in [2.24, 2.45) is 17.8 Å². The minimum absolute atomic E-state index is 0.00361. The number of amides is 1. The molecule has 18 unspecified atom stereocenters. The molecule has 9 N–H and O–H groups in total. The van der Waals surface area contributed by atoms with Gasteiger partial charge in [0.25, 0.3) is 0 Å². The van der Waals surface area contributed by atoms with E-state index in [4.69, 9.17) is 23.7 Å². The lowest BCUT2D eigenvalue weighted by molar-refractivity contribution is -0.283. The average Bonchev–Trinajstić information content (AvgIpc) is 3.29. The van der Waals surface area contributed by atoms with Crippen LogP contribution in [0.5, 0.6) is 0 Å². The summed E-state index contributed by atoms with van der Waals surface area (Å²) in [6, 6.07) is -1.20. The Hall–Kier alpha value is -3.62. The number of carbonyl (C=O) groups is 2. The van der Waals surface area contributed by atoms with Crippen LogP contribution >= 0.6 is 0 Å². The van der Waals surface area contributed by atoms with Gasteiger partial charge in [-0.15, -0.1) is 0 Å². The van der Waals surface area contributed by atoms with Gasteiger partial charge in [0.05, 0.1) is 72.7 Å². The van der Waals surface area contributed by atoms with Crippen LogP contribution in [-0.2, 0) is 28.5 Å². The van der Waals surface area contributed by atoms with E-state index in [2.05, 4.69) is 11.9 Å². The van der Waals surface area contributed by atoms with Crippen molar-refractivity contribution in [3.63, 3.8) is 0 Å². The molecular weight excluding hydrogens is 891 g/mol. The number of aldehydes is 1. The van der Waals surface area contributed by atoms with Gasteiger partial charge in [-0.2, -0.15) is 0 Å². The van der Waals surface area contributed by atoms with Crippen LogP contribution in [0.1, 0.15) is 99.3 Å². The zero-order valence-electron chi connectivity index (χ0n) is 41.8. The third-order valence-electron chi connectivity index (χ3n) is 12.9. The van der Waals surface area contributed by atoms with Crippen LogP contribution in [0.4, 0.5) is 4.79 Å². The normalized spacial score (nSPS) is 30.0. The van der Waals surface area contributed by atoms with Crippen LogP contribution in [0.15, 0.2) is 97.7 Å². The average molecular weight is 976 g/mol. The van der Waals surface area contributed by atoms with E-state index in [1.54, 1.807) is 39.2 Å². The van der Waals surface area contributed by atoms with E-state index < -0.39 is 91.2 Å². The summed E-state index contributed by atoms with van der Waals surface area (Å²) in [5.74, 6) is -0.400. The van der Waals surface area contributed by atoms with E-state index >= 15 is 0 Å². The Morgan fingerprint density at radius 2 is 1.36 bits per heavy atom. The minimum atomic E-state index is -1.52. The van der Waals surface area contributed by atoms with Gasteiger partial charge >= 0.3 is 6.09 Å². The Kier molecular flexibility index (Phi) is 29.5. The number of alkyl carbamates (subject to hydrolysis) is 1. The molecule has 2 aliphatic rings. The number of aliphatic hydroxyl groups excluding tert-OH is 8. The van der Waals surface area contributed by atoms with Gasteiger partial charge in [0.1, 0.15) is 25.1 Å². The number of methoxy groups -OCH3 is 1. The predicted molar refractivity (Wildman–Crippen MR) is 265 cm³/mol. The molecule has 0 radical (unpaired) electrons. The van der Waals surface area contributed by atoms with E-state index in [1.165, 1.54) is 6.08 Å². The van der Waals surface area contributed by atoms with Crippen molar-refractivity contribution in [1.29, 1.82) is 0 Å². The number of carbonyl (C=O) groups excluding carboxylic acids is 2. The fraction of sp³-hybridized carbons (Fsp3) is 0.660. The molecule has 392 valence electrons. The first-order valence-corrected chi connectivity index (χ1v) is 24.4. The highest BCUT2D eigenvalue weighted by Gasteiger charge is 2.47. The topological polar surface area (TPSA) is 254 Å². The van der Waals surface area contributed by atoms with Crippen molar-refractivity contribution >= 4 is 12.4 Å². The molecular formula is C53H85NO15. The summed E-state index contributed by atoms with van der Waals surface area (Å²) < 4.78 is 29.3. The fourth-order valence-corrected chi connectivity index (χ4v) is 8.40. The fourth-order valence-electron chi connectivity index (χ4n) is 8.40. The maximum Gasteiger partial charge on any atom is 0.407 e. The molecule has 2 rings (SSSR count). The van der Waals surface area contributed by atoms with E-state index in [1.807, 2.05) is 94.5 Å². The molecule has 0 spiro atoms. The quantitative estimate of drug-likeness (QED) is 0.0252. The maximum absolute atomic E-state index is 12.4. The monoisotopic (exact) mass is 976 g/mol. The number of ether oxygens (including phenoxy) is 5. The molecule has 0 aromatic heterocycles. The van der Waals surface area contributed by atoms with E-state index in [9.17, 15) is 50.4 Å². The summed E-state index contributed by atoms with van der Waals surface area (Å²) in [5, 5.41) is 88.3. The molecule has 0 aromatic rings. The third-order valence-corrected chi connectivity index (χ3v) is 12.9. The van der Waals surface area contributed by atoms with Crippen molar-refractivity contribution in [1.82, 2.24) is 5.32 Å². The lowest BCUT2D eigenvalue weighted by Crippen LogP contribution is -2.64. The van der Waals surface area contributed by atoms with Crippen LogP contribution in [0.3, 0.4) is 0 Å². The van der Waals surface area contributed by atoms with Crippen molar-refractivity contribution < 1.29 is 74.1 Å². The molecule has 0 aromatic carbocycles. The van der Waals surface area contributed by atoms with Gasteiger partial charge < -0.3 is 74.6 Å². The summed E-state index contributed by atoms with van der Waals surface area (Å²) in [6.07, 6.45) is 17.3. The van der Waals surface area contributed by atoms with Crippen molar-refractivity contribution in [2.75, 3.05) is 13.7 Å². The molecule has 0 aliphatic carbocycles. The summed E-state index contributed by atoms with van der Waals surface area (Å²) >= 11 is 0. The van der Waals surface area contributed by atoms with E-state index in [0.717, 1.165) is 0 Å². The Morgan fingerprint density at radius 3 is 1.91 bits per heavy atom. The van der Waals surface area contributed by atoms with Crippen LogP contribution in [-0.4, -0.2) is 158 Å². The summed E-state index contributed by atoms with van der Waals surface area (Å²) in [7, 11) is 1.64. The summed E-state index contributed by atoms with van der Waals surface area (Å²) in [6.45, 7) is 14.6. The molecule has 18 atom stereocenters. The molecule has 0 bridgehead atoms. The van der Waals surface area contributed by atoms with Crippen LogP contribution in [0.25, 0.3) is 0 Å². The lowest BCUT2D eigenvalue weighted by Gasteiger charge is -2.47. The predicted octanol–water partition coefficient (Wildman–Crippen LogP) is 4.99. The number of hydrogen-bond donors (Lipinski definition) is 9. The highest BCUT2D eigenvalue weighted by Crippen LogP contribution is 2.39. The second kappa shape index (κ2) is 33.1. The molecule has 0 saturated carbocycles. The molecule has 1 amide bonds. The zero-order valence-corrected chi connectivity index (χ0v) is 41.8. The standard InChI is InChI=1S/C53H85NO15/c1-9-29-66-52(64)54-47-49(62)39(6)67-51(50(47)63)68-44(26-21-19-17-15-13-11-10-12-14-16-18-20-23-35(2)48(61)36(3)38(5)65-8)32-46-37(4)45(60)34-53(7,69-46)33-43(59)31-41(57)25-22-24-40(56)30-42(58)27-28-55/h9-21,23,26,28,35-51,56-63H,1,22,24-25,27,29-34H2,2-8H3,(H,54,64)/b11-10+,14-12+,15-13+,18-16+,19-17+,23-20+,26-21+. The molecule has 2 heterocycles. The van der Waals surface area contributed by atoms with Gasteiger partial charge in [0, 0.05) is 50.5 Å². The van der Waals surface area contributed by atoms with Crippen molar-refractivity contribution in [2.45, 2.75) is 191 Å². The molecule has 2 aliphatic heterocycles. The number of hydrogen-bond acceptors (Lipinski definition) is 15. The number of allylic oxidation sites excluding steroid dienone is 12. The number of aliphatic hydroxyl groups is 8. The molecule has 2 saturated heterocycles. The van der Waals surface area contributed by atoms with Gasteiger partial charge in [-0.05, 0) is 52.9 Å². The Bertz CT molecular complexity index is 1680. The van der Waals surface area contributed by atoms with Gasteiger partial charge in [-0.1, -0.05) is 118 Å². The van der Waals surface area contributed by atoms with Gasteiger partial charge in [-0.25, -0.2) is 4.79 Å². The Labute approximate surface area is 410 Å². The number of nitrogens with one attached hydrogen (secondary N) is 1. The molecule has 16 nitrogen and oxygen atoms in total. The SMILES string of the molecule is C=CCOC(=O)NC1C(O)C(C)OC(OC(/C=C/C=C/C=C/C=C/C=C/C=C/C=C/C(C)C(O)C(C)C(C)OC)CC2OC(C)(CC(O)CC(O)CCCC(O)CC(O)CC=O)CC(O)C2C)C1O. The van der Waals surface area contributed by atoms with Gasteiger partial charge in [0.15, 0.2) is 6.29 Å². The van der Waals surface area contributed by atoms with Crippen molar-refractivity contribution in [3.8, 4) is 0 Å². The molecule has 69 heavy (non-hydrogen) atoms. The second-order valence-electron chi connectivity index (χ2n) is 18.9. The maximum atomic E-state index is 12.4. The first-order chi connectivity index (χ1) is 32.7. The summed E-state index contributed by atoms with van der Waals surface area (Å²) in [4.78, 5) is 23.0. The van der Waals surface area contributed by atoms with Gasteiger partial charge in [0.2, 0.25) is 0 Å². The zero-order chi connectivity index (χ0) is 51.5. The third kappa shape index (κ3) is 23.4. The van der Waals surface area contributed by atoms with Gasteiger partial charge in [-0.3, -0.25) is 0 Å². The molecule has 16 heteroatoms. The first kappa shape index (κ1) is 61.5. The van der Waals surface area contributed by atoms with Crippen LogP contribution < -0.4 is 5.32 Å². The van der Waals surface area contributed by atoms with Crippen LogP contribution in [0.2, 0.25) is 0 Å². The second-order valence-corrected chi connectivity index (χ2v) is 18.9. The summed E-state index contributed by atoms with van der Waals surface area (Å²) in [5.41, 5.74) is -0.999. The van der Waals surface area contributed by atoms with E-state index in [-0.39, 0.29) is 69.0 Å². The highest BCUT2D eigenvalue weighted by molar-refractivity contribution is 5.68. The Balaban J connectivity index is 2.16. The van der Waals surface area contributed by atoms with Crippen LogP contribution in [0, 0.1) is 17.8 Å². The lowest BCUT2D eigenvalue weighted by atomic mass is 9.79. The minimum Gasteiger partial charge on any atom is -0.445 e. The first-order valence-electron chi connectivity index (χ1n) is 24.4.